The van der Waals surface area contributed by atoms with Crippen LogP contribution in [0.3, 0.4) is 0 Å². The molecule has 0 amide bonds. The first kappa shape index (κ1) is 28.5. The first-order valence-electron chi connectivity index (χ1n) is 11.1. The maximum absolute atomic E-state index is 13.4. The molecule has 1 aromatic carbocycles. The molecule has 3 heterocycles. The highest BCUT2D eigenvalue weighted by Crippen LogP contribution is 2.32. The molecule has 9 nitrogen and oxygen atoms in total. The van der Waals surface area contributed by atoms with Crippen LogP contribution in [0.25, 0.3) is 11.0 Å². The van der Waals surface area contributed by atoms with E-state index >= 15 is 0 Å². The van der Waals surface area contributed by atoms with E-state index in [9.17, 15) is 31.1 Å². The lowest BCUT2D eigenvalue weighted by atomic mass is 10.1. The van der Waals surface area contributed by atoms with Crippen LogP contribution in [-0.2, 0) is 24.1 Å². The number of nitrogens with one attached hydrogen (secondary N) is 1. The molecule has 0 aliphatic carbocycles. The summed E-state index contributed by atoms with van der Waals surface area (Å²) >= 11 is 0. The summed E-state index contributed by atoms with van der Waals surface area (Å²) in [5, 5.41) is 14.5. The van der Waals surface area contributed by atoms with Gasteiger partial charge in [0.15, 0.2) is 0 Å². The highest BCUT2D eigenvalue weighted by molar-refractivity contribution is 5.77. The largest absolute Gasteiger partial charge is 0.490 e. The van der Waals surface area contributed by atoms with Crippen molar-refractivity contribution in [3.63, 3.8) is 0 Å². The number of fused-ring (bicyclic) bond motifs is 1. The second kappa shape index (κ2) is 11.5. The van der Waals surface area contributed by atoms with Crippen molar-refractivity contribution in [3.8, 4) is 11.8 Å². The van der Waals surface area contributed by atoms with Crippen molar-refractivity contribution >= 4 is 23.0 Å². The van der Waals surface area contributed by atoms with Crippen molar-refractivity contribution in [2.24, 2.45) is 0 Å². The number of nitrogens with zero attached hydrogens (tertiary/aromatic N) is 5. The summed E-state index contributed by atoms with van der Waals surface area (Å²) < 4.78 is 74.6. The second-order valence-electron chi connectivity index (χ2n) is 7.96. The fourth-order valence-electron chi connectivity index (χ4n) is 3.70. The molecule has 1 fully saturated rings. The molecule has 15 heteroatoms. The summed E-state index contributed by atoms with van der Waals surface area (Å²) in [5.41, 5.74) is -0.616. The van der Waals surface area contributed by atoms with E-state index in [4.69, 9.17) is 9.90 Å². The van der Waals surface area contributed by atoms with E-state index in [1.54, 1.807) is 11.5 Å². The van der Waals surface area contributed by atoms with Gasteiger partial charge in [0.2, 0.25) is 5.95 Å². The van der Waals surface area contributed by atoms with E-state index in [0.29, 0.717) is 11.5 Å². The van der Waals surface area contributed by atoms with Crippen molar-refractivity contribution in [3.05, 3.63) is 51.9 Å². The van der Waals surface area contributed by atoms with Gasteiger partial charge in [-0.2, -0.15) is 31.4 Å². The minimum Gasteiger partial charge on any atom is -0.475 e. The molecule has 2 aromatic heterocycles. The average molecular weight is 544 g/mol. The molecule has 2 N–H and O–H groups in total. The van der Waals surface area contributed by atoms with Crippen LogP contribution >= 0.6 is 0 Å². The first-order chi connectivity index (χ1) is 17.8. The van der Waals surface area contributed by atoms with Gasteiger partial charge in [-0.15, -0.1) is 5.92 Å². The Morgan fingerprint density at radius 3 is 2.34 bits per heavy atom. The average Bonchev–Trinajstić information content (AvgIpc) is 3.23. The number of halogens is 6. The summed E-state index contributed by atoms with van der Waals surface area (Å²) in [6, 6.07) is 5.19. The number of carboxylic acid groups (broad SMARTS) is 1. The molecule has 3 aromatic rings. The van der Waals surface area contributed by atoms with E-state index in [-0.39, 0.29) is 24.2 Å². The SMILES string of the molecule is CC#CCn1c(N2CCNCC2)nc2cnn(Cc3ccccc3C(F)(F)F)c(=O)c21.O=C(O)C(F)(F)F. The van der Waals surface area contributed by atoms with E-state index in [0.717, 1.165) is 36.9 Å². The second-order valence-corrected chi connectivity index (χ2v) is 7.96. The fraction of sp³-hybridized carbons (Fsp3) is 0.391. The molecule has 38 heavy (non-hydrogen) atoms. The van der Waals surface area contributed by atoms with Gasteiger partial charge in [0, 0.05) is 26.2 Å². The summed E-state index contributed by atoms with van der Waals surface area (Å²) in [5.74, 6) is 3.64. The third-order valence-corrected chi connectivity index (χ3v) is 5.43. The van der Waals surface area contributed by atoms with E-state index in [1.165, 1.54) is 24.4 Å². The van der Waals surface area contributed by atoms with Gasteiger partial charge in [-0.3, -0.25) is 9.36 Å². The normalized spacial score (nSPS) is 13.9. The number of carbonyl (C=O) groups is 1. The number of alkyl halides is 6. The van der Waals surface area contributed by atoms with Crippen molar-refractivity contribution in [1.29, 1.82) is 0 Å². The Balaban J connectivity index is 0.000000505. The van der Waals surface area contributed by atoms with Gasteiger partial charge in [0.25, 0.3) is 5.56 Å². The Labute approximate surface area is 211 Å². The van der Waals surface area contributed by atoms with Crippen LogP contribution in [0.5, 0.6) is 0 Å². The maximum Gasteiger partial charge on any atom is 0.490 e. The molecule has 0 spiro atoms. The molecule has 0 atom stereocenters. The Hall–Kier alpha value is -4.06. The van der Waals surface area contributed by atoms with Gasteiger partial charge < -0.3 is 15.3 Å². The Kier molecular flexibility index (Phi) is 8.67. The lowest BCUT2D eigenvalue weighted by Crippen LogP contribution is -2.44. The van der Waals surface area contributed by atoms with Crippen LogP contribution in [0.1, 0.15) is 18.1 Å². The minimum absolute atomic E-state index is 0.0225. The van der Waals surface area contributed by atoms with E-state index < -0.39 is 29.4 Å². The lowest BCUT2D eigenvalue weighted by Gasteiger charge is -2.28. The molecule has 0 saturated carbocycles. The smallest absolute Gasteiger partial charge is 0.475 e. The number of aromatic nitrogens is 4. The number of anilines is 1. The van der Waals surface area contributed by atoms with Gasteiger partial charge >= 0.3 is 18.3 Å². The molecule has 4 rings (SSSR count). The number of rotatable bonds is 4. The number of imidazole rings is 1. The zero-order valence-electron chi connectivity index (χ0n) is 19.9. The van der Waals surface area contributed by atoms with Crippen LogP contribution in [0.2, 0.25) is 0 Å². The summed E-state index contributed by atoms with van der Waals surface area (Å²) in [6.45, 7) is 4.70. The topological polar surface area (TPSA) is 105 Å². The van der Waals surface area contributed by atoms with Gasteiger partial charge in [-0.05, 0) is 18.6 Å². The molecule has 1 aliphatic heterocycles. The number of aliphatic carboxylic acids is 1. The van der Waals surface area contributed by atoms with Crippen molar-refractivity contribution in [2.75, 3.05) is 31.1 Å². The molecular weight excluding hydrogens is 522 g/mol. The van der Waals surface area contributed by atoms with Gasteiger partial charge in [-0.25, -0.2) is 14.5 Å². The number of hydrogen-bond donors (Lipinski definition) is 2. The number of hydrogen-bond acceptors (Lipinski definition) is 6. The highest BCUT2D eigenvalue weighted by atomic mass is 19.4. The van der Waals surface area contributed by atoms with Crippen molar-refractivity contribution < 1.29 is 36.2 Å². The van der Waals surface area contributed by atoms with E-state index in [2.05, 4.69) is 32.1 Å². The third kappa shape index (κ3) is 6.62. The lowest BCUT2D eigenvalue weighted by molar-refractivity contribution is -0.192. The van der Waals surface area contributed by atoms with Crippen molar-refractivity contribution in [1.82, 2.24) is 24.6 Å². The first-order valence-corrected chi connectivity index (χ1v) is 11.1. The fourth-order valence-corrected chi connectivity index (χ4v) is 3.70. The standard InChI is InChI=1S/C21H21F3N6O.C2HF3O2/c1-2-3-10-29-18-17(27-20(29)28-11-8-25-9-12-28)13-26-30(19(18)31)14-15-6-4-5-7-16(15)21(22,23)24;3-2(4,5)1(6)7/h4-7,13,25H,8-12,14H2,1H3;(H,6,7). The van der Waals surface area contributed by atoms with Crippen LogP contribution in [-0.4, -0.2) is 62.8 Å². The number of carboxylic acids is 1. The van der Waals surface area contributed by atoms with Crippen LogP contribution in [0, 0.1) is 11.8 Å². The Bertz CT molecular complexity index is 1410. The molecule has 0 unspecified atom stereocenters. The quantitative estimate of drug-likeness (QED) is 0.385. The monoisotopic (exact) mass is 544 g/mol. The molecule has 0 radical (unpaired) electrons. The Morgan fingerprint density at radius 2 is 1.76 bits per heavy atom. The summed E-state index contributed by atoms with van der Waals surface area (Å²) in [4.78, 5) is 28.8. The summed E-state index contributed by atoms with van der Waals surface area (Å²) in [6.07, 6.45) is -8.17. The predicted octanol–water partition coefficient (Wildman–Crippen LogP) is 2.73. The van der Waals surface area contributed by atoms with E-state index in [1.807, 2.05) is 0 Å². The molecule has 0 bridgehead atoms. The van der Waals surface area contributed by atoms with Crippen LogP contribution in [0.15, 0.2) is 35.3 Å². The minimum atomic E-state index is -5.08. The molecule has 204 valence electrons. The zero-order chi connectivity index (χ0) is 28.1. The van der Waals surface area contributed by atoms with Crippen LogP contribution in [0.4, 0.5) is 32.3 Å². The molecule has 1 aliphatic rings. The third-order valence-electron chi connectivity index (χ3n) is 5.43. The highest BCUT2D eigenvalue weighted by Gasteiger charge is 2.38. The van der Waals surface area contributed by atoms with Gasteiger partial charge in [0.05, 0.1) is 24.8 Å². The van der Waals surface area contributed by atoms with Gasteiger partial charge in [-0.1, -0.05) is 24.1 Å². The summed E-state index contributed by atoms with van der Waals surface area (Å²) in [7, 11) is 0. The number of piperazine rings is 1. The number of benzene rings is 1. The van der Waals surface area contributed by atoms with Crippen molar-refractivity contribution in [2.45, 2.75) is 32.4 Å². The zero-order valence-corrected chi connectivity index (χ0v) is 19.9. The Morgan fingerprint density at radius 1 is 1.13 bits per heavy atom. The predicted molar refractivity (Wildman–Crippen MR) is 125 cm³/mol. The molecular formula is C23H22F6N6O3. The van der Waals surface area contributed by atoms with Crippen LogP contribution < -0.4 is 15.8 Å². The maximum atomic E-state index is 13.4. The van der Waals surface area contributed by atoms with Gasteiger partial charge in [0.1, 0.15) is 11.0 Å². The molecule has 1 saturated heterocycles.